The molecule has 0 aliphatic carbocycles. The molecule has 0 unspecified atom stereocenters. The number of ether oxygens (including phenoxy) is 1. The molecule has 4 rings (SSSR count). The number of benzene rings is 3. The standard InChI is InChI=1S/C26H26N4O2S/c1-3-32-23-16-14-22(15-17-23)30-24(18-20-10-6-4-7-11-20)27-28-26(30)33-19-25(31)29(2)21-12-8-5-9-13-21/h4-17H,3,18-19H2,1-2H3. The van der Waals surface area contributed by atoms with E-state index in [1.54, 1.807) is 11.9 Å². The molecule has 0 radical (unpaired) electrons. The van der Waals surface area contributed by atoms with Crippen LogP contribution in [0.5, 0.6) is 5.75 Å². The van der Waals surface area contributed by atoms with Gasteiger partial charge in [0.15, 0.2) is 5.16 Å². The molecule has 0 aliphatic heterocycles. The summed E-state index contributed by atoms with van der Waals surface area (Å²) < 4.78 is 7.60. The van der Waals surface area contributed by atoms with E-state index >= 15 is 0 Å². The van der Waals surface area contributed by atoms with Crippen molar-refractivity contribution in [2.75, 3.05) is 24.3 Å². The molecule has 0 saturated carbocycles. The Bertz CT molecular complexity index is 1180. The number of rotatable bonds is 9. The molecule has 0 bridgehead atoms. The fourth-order valence-electron chi connectivity index (χ4n) is 3.42. The molecule has 6 nitrogen and oxygen atoms in total. The van der Waals surface area contributed by atoms with Crippen molar-refractivity contribution in [3.05, 3.63) is 96.3 Å². The first-order valence-corrected chi connectivity index (χ1v) is 11.8. The van der Waals surface area contributed by atoms with Gasteiger partial charge in [0.2, 0.25) is 5.91 Å². The largest absolute Gasteiger partial charge is 0.494 e. The second-order valence-corrected chi connectivity index (χ2v) is 8.34. The van der Waals surface area contributed by atoms with Crippen molar-refractivity contribution in [2.24, 2.45) is 0 Å². The van der Waals surface area contributed by atoms with Gasteiger partial charge in [-0.25, -0.2) is 0 Å². The van der Waals surface area contributed by atoms with E-state index in [-0.39, 0.29) is 11.7 Å². The number of carbonyl (C=O) groups is 1. The average Bonchev–Trinajstić information content (AvgIpc) is 3.26. The fourth-order valence-corrected chi connectivity index (χ4v) is 4.31. The Hall–Kier alpha value is -3.58. The minimum absolute atomic E-state index is 0.00273. The Labute approximate surface area is 198 Å². The smallest absolute Gasteiger partial charge is 0.237 e. The maximum atomic E-state index is 12.8. The summed E-state index contributed by atoms with van der Waals surface area (Å²) in [5, 5.41) is 9.57. The Kier molecular flexibility index (Phi) is 7.42. The van der Waals surface area contributed by atoms with Crippen molar-refractivity contribution in [1.29, 1.82) is 0 Å². The summed E-state index contributed by atoms with van der Waals surface area (Å²) in [4.78, 5) is 14.5. The van der Waals surface area contributed by atoms with Crippen LogP contribution < -0.4 is 9.64 Å². The van der Waals surface area contributed by atoms with Crippen molar-refractivity contribution in [3.8, 4) is 11.4 Å². The lowest BCUT2D eigenvalue weighted by Gasteiger charge is -2.17. The Morgan fingerprint density at radius 3 is 2.27 bits per heavy atom. The van der Waals surface area contributed by atoms with Crippen LogP contribution in [0.3, 0.4) is 0 Å². The maximum absolute atomic E-state index is 12.8. The van der Waals surface area contributed by atoms with Gasteiger partial charge in [-0.2, -0.15) is 0 Å². The molecule has 0 N–H and O–H groups in total. The second kappa shape index (κ2) is 10.8. The number of para-hydroxylation sites is 1. The minimum Gasteiger partial charge on any atom is -0.494 e. The van der Waals surface area contributed by atoms with E-state index in [9.17, 15) is 4.79 Å². The second-order valence-electron chi connectivity index (χ2n) is 7.40. The summed E-state index contributed by atoms with van der Waals surface area (Å²) in [5.74, 6) is 1.88. The van der Waals surface area contributed by atoms with Gasteiger partial charge in [-0.05, 0) is 48.9 Å². The fraction of sp³-hybridized carbons (Fsp3) is 0.192. The number of hydrogen-bond donors (Lipinski definition) is 0. The van der Waals surface area contributed by atoms with Crippen molar-refractivity contribution >= 4 is 23.4 Å². The molecule has 1 aromatic heterocycles. The first-order valence-electron chi connectivity index (χ1n) is 10.8. The monoisotopic (exact) mass is 458 g/mol. The maximum Gasteiger partial charge on any atom is 0.237 e. The summed E-state index contributed by atoms with van der Waals surface area (Å²) in [5.41, 5.74) is 2.94. The Morgan fingerprint density at radius 2 is 1.61 bits per heavy atom. The SMILES string of the molecule is CCOc1ccc(-n2c(Cc3ccccc3)nnc2SCC(=O)N(C)c2ccccc2)cc1. The van der Waals surface area contributed by atoms with E-state index < -0.39 is 0 Å². The summed E-state index contributed by atoms with van der Waals surface area (Å²) >= 11 is 1.39. The van der Waals surface area contributed by atoms with Gasteiger partial charge in [0.25, 0.3) is 0 Å². The minimum atomic E-state index is -0.00273. The van der Waals surface area contributed by atoms with Gasteiger partial charge in [0.1, 0.15) is 11.6 Å². The van der Waals surface area contributed by atoms with E-state index in [1.807, 2.05) is 84.3 Å². The van der Waals surface area contributed by atoms with Crippen LogP contribution in [0.2, 0.25) is 0 Å². The molecular weight excluding hydrogens is 432 g/mol. The highest BCUT2D eigenvalue weighted by Crippen LogP contribution is 2.26. The van der Waals surface area contributed by atoms with Crippen LogP contribution in [0.25, 0.3) is 5.69 Å². The van der Waals surface area contributed by atoms with Gasteiger partial charge in [-0.3, -0.25) is 9.36 Å². The third-order valence-electron chi connectivity index (χ3n) is 5.15. The van der Waals surface area contributed by atoms with Gasteiger partial charge in [0.05, 0.1) is 12.4 Å². The molecular formula is C26H26N4O2S. The molecule has 0 fully saturated rings. The van der Waals surface area contributed by atoms with Crippen molar-refractivity contribution in [3.63, 3.8) is 0 Å². The summed E-state index contributed by atoms with van der Waals surface area (Å²) in [6.45, 7) is 2.58. The zero-order chi connectivity index (χ0) is 23.0. The summed E-state index contributed by atoms with van der Waals surface area (Å²) in [7, 11) is 1.79. The van der Waals surface area contributed by atoms with E-state index in [2.05, 4.69) is 22.3 Å². The lowest BCUT2D eigenvalue weighted by Crippen LogP contribution is -2.27. The molecule has 0 atom stereocenters. The van der Waals surface area contributed by atoms with Crippen molar-refractivity contribution < 1.29 is 9.53 Å². The van der Waals surface area contributed by atoms with Gasteiger partial charge in [0, 0.05) is 24.8 Å². The van der Waals surface area contributed by atoms with E-state index in [4.69, 9.17) is 4.74 Å². The first-order chi connectivity index (χ1) is 16.2. The number of nitrogens with zero attached hydrogens (tertiary/aromatic N) is 4. The van der Waals surface area contributed by atoms with Gasteiger partial charge in [-0.15, -0.1) is 10.2 Å². The molecule has 0 spiro atoms. The van der Waals surface area contributed by atoms with Crippen LogP contribution in [0.4, 0.5) is 5.69 Å². The normalized spacial score (nSPS) is 10.7. The lowest BCUT2D eigenvalue weighted by molar-refractivity contribution is -0.115. The van der Waals surface area contributed by atoms with Crippen LogP contribution >= 0.6 is 11.8 Å². The highest BCUT2D eigenvalue weighted by atomic mass is 32.2. The predicted octanol–water partition coefficient (Wildman–Crippen LogP) is 5.01. The number of amides is 1. The Balaban J connectivity index is 1.58. The number of anilines is 1. The molecule has 7 heteroatoms. The molecule has 1 heterocycles. The molecule has 0 saturated heterocycles. The zero-order valence-corrected chi connectivity index (χ0v) is 19.5. The van der Waals surface area contributed by atoms with Gasteiger partial charge in [-0.1, -0.05) is 60.3 Å². The third kappa shape index (κ3) is 5.62. The molecule has 3 aromatic carbocycles. The first kappa shape index (κ1) is 22.6. The van der Waals surface area contributed by atoms with Gasteiger partial charge >= 0.3 is 0 Å². The average molecular weight is 459 g/mol. The van der Waals surface area contributed by atoms with E-state index in [0.717, 1.165) is 28.5 Å². The van der Waals surface area contributed by atoms with Crippen molar-refractivity contribution in [1.82, 2.24) is 14.8 Å². The Morgan fingerprint density at radius 1 is 0.939 bits per heavy atom. The van der Waals surface area contributed by atoms with Gasteiger partial charge < -0.3 is 9.64 Å². The van der Waals surface area contributed by atoms with Crippen LogP contribution in [0, 0.1) is 0 Å². The highest BCUT2D eigenvalue weighted by Gasteiger charge is 2.18. The zero-order valence-electron chi connectivity index (χ0n) is 18.7. The number of aromatic nitrogens is 3. The topological polar surface area (TPSA) is 60.2 Å². The molecule has 168 valence electrons. The van der Waals surface area contributed by atoms with Crippen LogP contribution in [0.1, 0.15) is 18.3 Å². The van der Waals surface area contributed by atoms with Crippen LogP contribution in [0.15, 0.2) is 90.1 Å². The molecule has 33 heavy (non-hydrogen) atoms. The highest BCUT2D eigenvalue weighted by molar-refractivity contribution is 7.99. The molecule has 4 aromatic rings. The summed E-state index contributed by atoms with van der Waals surface area (Å²) in [6.07, 6.45) is 0.638. The van der Waals surface area contributed by atoms with E-state index in [1.165, 1.54) is 11.8 Å². The van der Waals surface area contributed by atoms with Crippen molar-refractivity contribution in [2.45, 2.75) is 18.5 Å². The van der Waals surface area contributed by atoms with E-state index in [0.29, 0.717) is 18.2 Å². The number of carbonyl (C=O) groups excluding carboxylic acids is 1. The summed E-state index contributed by atoms with van der Waals surface area (Å²) in [6, 6.07) is 27.6. The van der Waals surface area contributed by atoms with Crippen LogP contribution in [-0.2, 0) is 11.2 Å². The number of hydrogen-bond acceptors (Lipinski definition) is 5. The lowest BCUT2D eigenvalue weighted by atomic mass is 10.1. The third-order valence-corrected chi connectivity index (χ3v) is 6.07. The number of thioether (sulfide) groups is 1. The quantitative estimate of drug-likeness (QED) is 0.330. The molecule has 0 aliphatic rings. The van der Waals surface area contributed by atoms with Crippen LogP contribution in [-0.4, -0.2) is 40.1 Å². The molecule has 1 amide bonds. The predicted molar refractivity (Wildman–Crippen MR) is 132 cm³/mol.